The largest absolute Gasteiger partial charge is 0.373 e. The Morgan fingerprint density at radius 1 is 1.26 bits per heavy atom. The van der Waals surface area contributed by atoms with Crippen molar-refractivity contribution in [3.63, 3.8) is 0 Å². The first-order valence-corrected chi connectivity index (χ1v) is 7.19. The van der Waals surface area contributed by atoms with Gasteiger partial charge in [-0.15, -0.1) is 0 Å². The molecule has 4 atom stereocenters. The standard InChI is InChI=1S/C16H26N2O/c1-11-6-5-7-15(8-11)16(14(4)17)18-9-12(2)19-13(3)10-18/h5-8,12-14,16H,9-10,17H2,1-4H3/t12-,13+,14?,16?. The van der Waals surface area contributed by atoms with Gasteiger partial charge >= 0.3 is 0 Å². The maximum atomic E-state index is 6.26. The topological polar surface area (TPSA) is 38.5 Å². The Bertz CT molecular complexity index is 409. The molecular weight excluding hydrogens is 236 g/mol. The number of benzene rings is 1. The Morgan fingerprint density at radius 3 is 2.42 bits per heavy atom. The molecule has 0 aliphatic carbocycles. The number of hydrogen-bond donors (Lipinski definition) is 1. The lowest BCUT2D eigenvalue weighted by Gasteiger charge is -2.42. The monoisotopic (exact) mass is 262 g/mol. The van der Waals surface area contributed by atoms with Crippen LogP contribution in [0, 0.1) is 6.92 Å². The van der Waals surface area contributed by atoms with Gasteiger partial charge in [0, 0.05) is 25.2 Å². The van der Waals surface area contributed by atoms with Crippen molar-refractivity contribution < 1.29 is 4.74 Å². The molecule has 1 fully saturated rings. The SMILES string of the molecule is Cc1cccc(C(C(C)N)N2C[C@@H](C)O[C@@H](C)C2)c1. The fourth-order valence-corrected chi connectivity index (χ4v) is 3.15. The third kappa shape index (κ3) is 3.56. The first kappa shape index (κ1) is 14.5. The van der Waals surface area contributed by atoms with E-state index in [9.17, 15) is 0 Å². The van der Waals surface area contributed by atoms with Gasteiger partial charge in [0.15, 0.2) is 0 Å². The molecule has 1 aromatic carbocycles. The summed E-state index contributed by atoms with van der Waals surface area (Å²) in [5.74, 6) is 0. The zero-order valence-electron chi connectivity index (χ0n) is 12.5. The van der Waals surface area contributed by atoms with Crippen molar-refractivity contribution in [1.29, 1.82) is 0 Å². The molecule has 3 nitrogen and oxygen atoms in total. The molecule has 19 heavy (non-hydrogen) atoms. The lowest BCUT2D eigenvalue weighted by atomic mass is 9.96. The number of morpholine rings is 1. The molecule has 0 bridgehead atoms. The van der Waals surface area contributed by atoms with Crippen LogP contribution in [0.25, 0.3) is 0 Å². The van der Waals surface area contributed by atoms with E-state index in [1.165, 1.54) is 11.1 Å². The quantitative estimate of drug-likeness (QED) is 0.909. The van der Waals surface area contributed by atoms with Gasteiger partial charge in [-0.2, -0.15) is 0 Å². The van der Waals surface area contributed by atoms with Crippen molar-refractivity contribution in [3.05, 3.63) is 35.4 Å². The summed E-state index contributed by atoms with van der Waals surface area (Å²) in [6.07, 6.45) is 0.546. The van der Waals surface area contributed by atoms with E-state index in [4.69, 9.17) is 10.5 Å². The Morgan fingerprint density at radius 2 is 1.89 bits per heavy atom. The molecule has 1 aliphatic rings. The number of rotatable bonds is 3. The molecule has 0 saturated carbocycles. The van der Waals surface area contributed by atoms with Gasteiger partial charge in [-0.3, -0.25) is 4.90 Å². The van der Waals surface area contributed by atoms with Crippen LogP contribution in [0.5, 0.6) is 0 Å². The predicted molar refractivity (Wildman–Crippen MR) is 79.2 cm³/mol. The van der Waals surface area contributed by atoms with Crippen molar-refractivity contribution in [2.45, 2.75) is 52.0 Å². The Balaban J connectivity index is 2.25. The van der Waals surface area contributed by atoms with Crippen molar-refractivity contribution >= 4 is 0 Å². The van der Waals surface area contributed by atoms with Crippen molar-refractivity contribution in [1.82, 2.24) is 4.90 Å². The summed E-state index contributed by atoms with van der Waals surface area (Å²) < 4.78 is 5.82. The summed E-state index contributed by atoms with van der Waals surface area (Å²) in [4.78, 5) is 2.47. The normalized spacial score (nSPS) is 28.1. The number of nitrogens with two attached hydrogens (primary N) is 1. The summed E-state index contributed by atoms with van der Waals surface area (Å²) >= 11 is 0. The second-order valence-corrected chi connectivity index (χ2v) is 5.93. The van der Waals surface area contributed by atoms with Gasteiger partial charge in [-0.1, -0.05) is 29.8 Å². The molecule has 0 aromatic heterocycles. The molecule has 0 spiro atoms. The molecule has 0 radical (unpaired) electrons. The summed E-state index contributed by atoms with van der Waals surface area (Å²) in [7, 11) is 0. The van der Waals surface area contributed by atoms with E-state index in [1.54, 1.807) is 0 Å². The minimum Gasteiger partial charge on any atom is -0.373 e. The van der Waals surface area contributed by atoms with E-state index in [2.05, 4.69) is 56.9 Å². The van der Waals surface area contributed by atoms with Gasteiger partial charge in [0.05, 0.1) is 12.2 Å². The molecular formula is C16H26N2O. The van der Waals surface area contributed by atoms with Crippen molar-refractivity contribution in [2.75, 3.05) is 13.1 Å². The molecule has 106 valence electrons. The van der Waals surface area contributed by atoms with Crippen LogP contribution < -0.4 is 5.73 Å². The van der Waals surface area contributed by atoms with E-state index < -0.39 is 0 Å². The molecule has 1 aromatic rings. The smallest absolute Gasteiger partial charge is 0.0678 e. The van der Waals surface area contributed by atoms with Gasteiger partial charge < -0.3 is 10.5 Å². The summed E-state index contributed by atoms with van der Waals surface area (Å²) in [6.45, 7) is 10.4. The Labute approximate surface area is 116 Å². The van der Waals surface area contributed by atoms with Crippen LogP contribution in [-0.2, 0) is 4.74 Å². The lowest BCUT2D eigenvalue weighted by Crippen LogP contribution is -2.50. The second kappa shape index (κ2) is 6.04. The number of aryl methyl sites for hydroxylation is 1. The number of hydrogen-bond acceptors (Lipinski definition) is 3. The van der Waals surface area contributed by atoms with E-state index in [-0.39, 0.29) is 24.3 Å². The molecule has 1 heterocycles. The van der Waals surface area contributed by atoms with E-state index in [1.807, 2.05) is 0 Å². The van der Waals surface area contributed by atoms with Gasteiger partial charge in [0.1, 0.15) is 0 Å². The fraction of sp³-hybridized carbons (Fsp3) is 0.625. The number of nitrogens with zero attached hydrogens (tertiary/aromatic N) is 1. The highest BCUT2D eigenvalue weighted by Crippen LogP contribution is 2.27. The molecule has 3 heteroatoms. The first-order chi connectivity index (χ1) is 8.97. The minimum absolute atomic E-state index is 0.110. The number of ether oxygens (including phenoxy) is 1. The molecule has 2 rings (SSSR count). The highest BCUT2D eigenvalue weighted by atomic mass is 16.5. The van der Waals surface area contributed by atoms with Crippen LogP contribution >= 0.6 is 0 Å². The average molecular weight is 262 g/mol. The lowest BCUT2D eigenvalue weighted by molar-refractivity contribution is -0.0831. The van der Waals surface area contributed by atoms with Crippen LogP contribution in [0.3, 0.4) is 0 Å². The minimum atomic E-state index is 0.110. The van der Waals surface area contributed by atoms with Crippen molar-refractivity contribution in [2.24, 2.45) is 5.73 Å². The molecule has 1 aliphatic heterocycles. The zero-order valence-corrected chi connectivity index (χ0v) is 12.5. The maximum Gasteiger partial charge on any atom is 0.0678 e. The summed E-state index contributed by atoms with van der Waals surface area (Å²) in [5, 5.41) is 0. The van der Waals surface area contributed by atoms with Gasteiger partial charge in [0.2, 0.25) is 0 Å². The third-order valence-corrected chi connectivity index (χ3v) is 3.72. The average Bonchev–Trinajstić information content (AvgIpc) is 2.27. The van der Waals surface area contributed by atoms with Crippen LogP contribution in [0.4, 0.5) is 0 Å². The summed E-state index contributed by atoms with van der Waals surface area (Å²) in [6, 6.07) is 9.07. The van der Waals surface area contributed by atoms with Crippen LogP contribution in [-0.4, -0.2) is 36.2 Å². The molecule has 0 amide bonds. The van der Waals surface area contributed by atoms with Gasteiger partial charge in [-0.05, 0) is 33.3 Å². The second-order valence-electron chi connectivity index (χ2n) is 5.93. The molecule has 2 N–H and O–H groups in total. The van der Waals surface area contributed by atoms with E-state index in [0.717, 1.165) is 13.1 Å². The zero-order chi connectivity index (χ0) is 14.0. The highest BCUT2D eigenvalue weighted by molar-refractivity contribution is 5.26. The van der Waals surface area contributed by atoms with Gasteiger partial charge in [-0.25, -0.2) is 0 Å². The predicted octanol–water partition coefficient (Wildman–Crippen LogP) is 2.49. The highest BCUT2D eigenvalue weighted by Gasteiger charge is 2.30. The van der Waals surface area contributed by atoms with Crippen LogP contribution in [0.15, 0.2) is 24.3 Å². The first-order valence-electron chi connectivity index (χ1n) is 7.19. The van der Waals surface area contributed by atoms with E-state index in [0.29, 0.717) is 0 Å². The fourth-order valence-electron chi connectivity index (χ4n) is 3.15. The summed E-state index contributed by atoms with van der Waals surface area (Å²) in [5.41, 5.74) is 8.86. The van der Waals surface area contributed by atoms with Crippen LogP contribution in [0.1, 0.15) is 37.9 Å². The van der Waals surface area contributed by atoms with Crippen molar-refractivity contribution in [3.8, 4) is 0 Å². The Hall–Kier alpha value is -0.900. The maximum absolute atomic E-state index is 6.26. The molecule has 1 saturated heterocycles. The van der Waals surface area contributed by atoms with Crippen LogP contribution in [0.2, 0.25) is 0 Å². The van der Waals surface area contributed by atoms with E-state index >= 15 is 0 Å². The molecule has 2 unspecified atom stereocenters. The Kier molecular flexibility index (Phi) is 4.61. The van der Waals surface area contributed by atoms with Gasteiger partial charge in [0.25, 0.3) is 0 Å². The third-order valence-electron chi connectivity index (χ3n) is 3.72.